The number of aromatic nitrogens is 1. The Kier molecular flexibility index (Phi) is 3.29. The van der Waals surface area contributed by atoms with Gasteiger partial charge >= 0.3 is 6.18 Å². The van der Waals surface area contributed by atoms with Crippen LogP contribution in [0.4, 0.5) is 13.2 Å². The van der Waals surface area contributed by atoms with Crippen LogP contribution in [-0.2, 0) is 0 Å². The second-order valence-corrected chi connectivity index (χ2v) is 5.00. The number of alkyl halides is 3. The molecule has 17 heavy (non-hydrogen) atoms. The van der Waals surface area contributed by atoms with E-state index in [2.05, 4.69) is 4.98 Å². The Labute approximate surface area is 104 Å². The molecule has 2 nitrogen and oxygen atoms in total. The van der Waals surface area contributed by atoms with Crippen LogP contribution in [0.2, 0.25) is 5.15 Å². The van der Waals surface area contributed by atoms with Gasteiger partial charge in [0.2, 0.25) is 0 Å². The fourth-order valence-electron chi connectivity index (χ4n) is 1.50. The Bertz CT molecular complexity index is 538. The molecule has 1 atom stereocenters. The Balaban J connectivity index is 2.48. The number of hydrogen-bond acceptors (Lipinski definition) is 3. The molecule has 0 aromatic carbocycles. The highest BCUT2D eigenvalue weighted by Crippen LogP contribution is 2.39. The van der Waals surface area contributed by atoms with E-state index in [9.17, 15) is 13.2 Å². The minimum Gasteiger partial charge on any atom is -0.329 e. The zero-order chi connectivity index (χ0) is 12.6. The number of nitrogens with two attached hydrogens (primary N) is 1. The molecule has 1 unspecified atom stereocenters. The summed E-state index contributed by atoms with van der Waals surface area (Å²) in [6.07, 6.45) is -4.33. The molecule has 0 aliphatic rings. The SMILES string of the molecule is NCC(c1cc2nc(Cl)ccc2s1)C(F)(F)F. The van der Waals surface area contributed by atoms with E-state index in [-0.39, 0.29) is 10.0 Å². The van der Waals surface area contributed by atoms with Gasteiger partial charge in [-0.25, -0.2) is 4.98 Å². The van der Waals surface area contributed by atoms with Gasteiger partial charge in [-0.05, 0) is 18.2 Å². The van der Waals surface area contributed by atoms with Crippen LogP contribution >= 0.6 is 22.9 Å². The molecule has 2 rings (SSSR count). The zero-order valence-electron chi connectivity index (χ0n) is 8.46. The number of fused-ring (bicyclic) bond motifs is 1. The van der Waals surface area contributed by atoms with Crippen molar-refractivity contribution in [3.05, 3.63) is 28.2 Å². The molecule has 2 aromatic heterocycles. The van der Waals surface area contributed by atoms with Crippen LogP contribution in [0.25, 0.3) is 10.2 Å². The molecule has 0 spiro atoms. The molecular weight excluding hydrogens is 273 g/mol. The highest BCUT2D eigenvalue weighted by Gasteiger charge is 2.40. The molecule has 92 valence electrons. The maximum atomic E-state index is 12.7. The molecule has 0 bridgehead atoms. The summed E-state index contributed by atoms with van der Waals surface area (Å²) < 4.78 is 38.8. The molecule has 0 aliphatic heterocycles. The van der Waals surface area contributed by atoms with E-state index in [0.717, 1.165) is 11.3 Å². The smallest absolute Gasteiger partial charge is 0.329 e. The largest absolute Gasteiger partial charge is 0.397 e. The summed E-state index contributed by atoms with van der Waals surface area (Å²) >= 11 is 6.72. The number of nitrogens with zero attached hydrogens (tertiary/aromatic N) is 1. The van der Waals surface area contributed by atoms with Crippen molar-refractivity contribution < 1.29 is 13.2 Å². The van der Waals surface area contributed by atoms with E-state index in [1.165, 1.54) is 6.07 Å². The minimum absolute atomic E-state index is 0.171. The van der Waals surface area contributed by atoms with Crippen molar-refractivity contribution in [2.45, 2.75) is 12.1 Å². The first-order chi connectivity index (χ1) is 7.91. The lowest BCUT2D eigenvalue weighted by atomic mass is 10.1. The van der Waals surface area contributed by atoms with Crippen molar-refractivity contribution in [3.8, 4) is 0 Å². The third-order valence-electron chi connectivity index (χ3n) is 2.33. The van der Waals surface area contributed by atoms with Crippen LogP contribution in [0.15, 0.2) is 18.2 Å². The van der Waals surface area contributed by atoms with Crippen molar-refractivity contribution in [1.82, 2.24) is 4.98 Å². The second kappa shape index (κ2) is 4.44. The normalized spacial score (nSPS) is 14.2. The van der Waals surface area contributed by atoms with E-state index >= 15 is 0 Å². The summed E-state index contributed by atoms with van der Waals surface area (Å²) in [4.78, 5) is 4.13. The monoisotopic (exact) mass is 280 g/mol. The summed E-state index contributed by atoms with van der Waals surface area (Å²) in [6.45, 7) is -0.468. The third kappa shape index (κ3) is 2.53. The molecule has 0 saturated heterocycles. The van der Waals surface area contributed by atoms with Gasteiger partial charge in [0.25, 0.3) is 0 Å². The van der Waals surface area contributed by atoms with E-state index in [1.807, 2.05) is 0 Å². The fourth-order valence-corrected chi connectivity index (χ4v) is 2.80. The van der Waals surface area contributed by atoms with Crippen molar-refractivity contribution >= 4 is 33.2 Å². The van der Waals surface area contributed by atoms with Gasteiger partial charge in [0.15, 0.2) is 0 Å². The number of rotatable bonds is 2. The lowest BCUT2D eigenvalue weighted by Gasteiger charge is -2.16. The second-order valence-electron chi connectivity index (χ2n) is 3.50. The van der Waals surface area contributed by atoms with Crippen LogP contribution in [0.3, 0.4) is 0 Å². The highest BCUT2D eigenvalue weighted by atomic mass is 35.5. The first-order valence-electron chi connectivity index (χ1n) is 4.74. The summed E-state index contributed by atoms with van der Waals surface area (Å²) in [7, 11) is 0. The van der Waals surface area contributed by atoms with Crippen LogP contribution < -0.4 is 5.73 Å². The molecule has 2 aromatic rings. The van der Waals surface area contributed by atoms with Crippen molar-refractivity contribution in [2.75, 3.05) is 6.54 Å². The maximum absolute atomic E-state index is 12.7. The summed E-state index contributed by atoms with van der Waals surface area (Å²) in [6, 6.07) is 4.61. The van der Waals surface area contributed by atoms with Crippen LogP contribution in [0.1, 0.15) is 10.8 Å². The predicted molar refractivity (Wildman–Crippen MR) is 62.5 cm³/mol. The van der Waals surface area contributed by atoms with E-state index in [4.69, 9.17) is 17.3 Å². The van der Waals surface area contributed by atoms with Crippen LogP contribution in [-0.4, -0.2) is 17.7 Å². The van der Waals surface area contributed by atoms with Gasteiger partial charge in [-0.2, -0.15) is 13.2 Å². The third-order valence-corrected chi connectivity index (χ3v) is 3.75. The number of halogens is 4. The van der Waals surface area contributed by atoms with Gasteiger partial charge in [-0.15, -0.1) is 11.3 Å². The molecular formula is C10H8ClF3N2S. The molecule has 2 heterocycles. The standard InChI is InChI=1S/C10H8ClF3N2S/c11-9-2-1-7-6(16-9)3-8(17-7)5(4-15)10(12,13)14/h1-3,5H,4,15H2. The first kappa shape index (κ1) is 12.6. The van der Waals surface area contributed by atoms with E-state index < -0.39 is 18.6 Å². The molecule has 0 fully saturated rings. The van der Waals surface area contributed by atoms with E-state index in [0.29, 0.717) is 10.2 Å². The molecule has 0 amide bonds. The topological polar surface area (TPSA) is 38.9 Å². The number of pyridine rings is 1. The molecule has 7 heteroatoms. The van der Waals surface area contributed by atoms with Crippen molar-refractivity contribution in [2.24, 2.45) is 5.73 Å². The first-order valence-corrected chi connectivity index (χ1v) is 5.94. The lowest BCUT2D eigenvalue weighted by molar-refractivity contribution is -0.147. The fraction of sp³-hybridized carbons (Fsp3) is 0.300. The summed E-state index contributed by atoms with van der Waals surface area (Å²) in [5.41, 5.74) is 5.66. The van der Waals surface area contributed by atoms with Crippen molar-refractivity contribution in [1.29, 1.82) is 0 Å². The van der Waals surface area contributed by atoms with Gasteiger partial charge in [0.1, 0.15) is 11.1 Å². The number of hydrogen-bond donors (Lipinski definition) is 1. The Hall–Kier alpha value is -0.850. The molecule has 0 saturated carbocycles. The molecule has 0 radical (unpaired) electrons. The van der Waals surface area contributed by atoms with Crippen LogP contribution in [0.5, 0.6) is 0 Å². The van der Waals surface area contributed by atoms with Gasteiger partial charge in [-0.3, -0.25) is 0 Å². The van der Waals surface area contributed by atoms with Crippen LogP contribution in [0, 0.1) is 0 Å². The quantitative estimate of drug-likeness (QED) is 0.855. The van der Waals surface area contributed by atoms with Gasteiger partial charge in [0, 0.05) is 11.4 Å². The predicted octanol–water partition coefficient (Wildman–Crippen LogP) is 3.55. The zero-order valence-corrected chi connectivity index (χ0v) is 10.0. The van der Waals surface area contributed by atoms with E-state index in [1.54, 1.807) is 12.1 Å². The molecule has 0 aliphatic carbocycles. The Morgan fingerprint density at radius 2 is 2.12 bits per heavy atom. The maximum Gasteiger partial charge on any atom is 0.397 e. The Morgan fingerprint density at radius 1 is 1.41 bits per heavy atom. The summed E-state index contributed by atoms with van der Waals surface area (Å²) in [5, 5.41) is 0.262. The average Bonchev–Trinajstić information content (AvgIpc) is 2.58. The van der Waals surface area contributed by atoms with Gasteiger partial charge in [-0.1, -0.05) is 11.6 Å². The summed E-state index contributed by atoms with van der Waals surface area (Å²) in [5.74, 6) is -1.64. The van der Waals surface area contributed by atoms with Crippen molar-refractivity contribution in [3.63, 3.8) is 0 Å². The van der Waals surface area contributed by atoms with Gasteiger partial charge in [0.05, 0.1) is 10.2 Å². The number of thiophene rings is 1. The highest BCUT2D eigenvalue weighted by molar-refractivity contribution is 7.19. The lowest BCUT2D eigenvalue weighted by Crippen LogP contribution is -2.27. The van der Waals surface area contributed by atoms with Gasteiger partial charge < -0.3 is 5.73 Å². The average molecular weight is 281 g/mol. The molecule has 2 N–H and O–H groups in total. The Morgan fingerprint density at radius 3 is 2.71 bits per heavy atom. The minimum atomic E-state index is -4.33.